The molecule has 2 rings (SSSR count). The Hall–Kier alpha value is -0.740. The summed E-state index contributed by atoms with van der Waals surface area (Å²) in [5, 5.41) is 0. The SMILES string of the molecule is Cc1cc(N2CCC(CN(C)C)CC2)c(Br)cc1N. The van der Waals surface area contributed by atoms with Gasteiger partial charge in [-0.15, -0.1) is 0 Å². The Morgan fingerprint density at radius 2 is 1.95 bits per heavy atom. The van der Waals surface area contributed by atoms with Crippen molar-refractivity contribution in [3.8, 4) is 0 Å². The molecule has 0 amide bonds. The predicted octanol–water partition coefficient (Wildman–Crippen LogP) is 3.12. The summed E-state index contributed by atoms with van der Waals surface area (Å²) in [6, 6.07) is 4.22. The zero-order chi connectivity index (χ0) is 14.0. The van der Waals surface area contributed by atoms with Crippen molar-refractivity contribution in [1.82, 2.24) is 4.90 Å². The average molecular weight is 326 g/mol. The van der Waals surface area contributed by atoms with Gasteiger partial charge < -0.3 is 15.5 Å². The molecule has 2 N–H and O–H groups in total. The summed E-state index contributed by atoms with van der Waals surface area (Å²) >= 11 is 3.64. The molecule has 1 aliphatic rings. The van der Waals surface area contributed by atoms with Gasteiger partial charge in [0.2, 0.25) is 0 Å². The molecule has 1 aliphatic heterocycles. The van der Waals surface area contributed by atoms with Gasteiger partial charge in [0.15, 0.2) is 0 Å². The number of benzene rings is 1. The van der Waals surface area contributed by atoms with Gasteiger partial charge in [-0.25, -0.2) is 0 Å². The molecule has 0 aromatic heterocycles. The van der Waals surface area contributed by atoms with Crippen molar-refractivity contribution in [2.24, 2.45) is 5.92 Å². The van der Waals surface area contributed by atoms with Crippen LogP contribution in [0.4, 0.5) is 11.4 Å². The summed E-state index contributed by atoms with van der Waals surface area (Å²) in [6.45, 7) is 5.56. The first kappa shape index (κ1) is 14.7. The molecule has 0 unspecified atom stereocenters. The van der Waals surface area contributed by atoms with Crippen LogP contribution in [0.15, 0.2) is 16.6 Å². The largest absolute Gasteiger partial charge is 0.398 e. The standard InChI is InChI=1S/C15H24BrN3/c1-11-8-15(13(16)9-14(11)17)19-6-4-12(5-7-19)10-18(2)3/h8-9,12H,4-7,10,17H2,1-3H3. The first-order valence-electron chi connectivity index (χ1n) is 6.92. The van der Waals surface area contributed by atoms with E-state index in [1.807, 2.05) is 6.07 Å². The van der Waals surface area contributed by atoms with Gasteiger partial charge in [-0.05, 0) is 73.4 Å². The zero-order valence-electron chi connectivity index (χ0n) is 12.1. The second-order valence-electron chi connectivity index (χ2n) is 5.85. The van der Waals surface area contributed by atoms with Crippen LogP contribution in [0.3, 0.4) is 0 Å². The molecule has 106 valence electrons. The van der Waals surface area contributed by atoms with Gasteiger partial charge in [-0.2, -0.15) is 0 Å². The number of nitrogens with two attached hydrogens (primary N) is 1. The quantitative estimate of drug-likeness (QED) is 0.866. The number of hydrogen-bond acceptors (Lipinski definition) is 3. The van der Waals surface area contributed by atoms with Crippen LogP contribution in [-0.4, -0.2) is 38.6 Å². The lowest BCUT2D eigenvalue weighted by Gasteiger charge is -2.35. The first-order chi connectivity index (χ1) is 8.97. The average Bonchev–Trinajstić information content (AvgIpc) is 2.34. The molecule has 0 radical (unpaired) electrons. The first-order valence-corrected chi connectivity index (χ1v) is 7.72. The molecular formula is C15H24BrN3. The summed E-state index contributed by atoms with van der Waals surface area (Å²) in [5.74, 6) is 0.833. The summed E-state index contributed by atoms with van der Waals surface area (Å²) in [5.41, 5.74) is 9.25. The molecule has 1 aromatic carbocycles. The van der Waals surface area contributed by atoms with E-state index >= 15 is 0 Å². The Morgan fingerprint density at radius 1 is 1.32 bits per heavy atom. The second kappa shape index (κ2) is 6.14. The number of halogens is 1. The van der Waals surface area contributed by atoms with Gasteiger partial charge >= 0.3 is 0 Å². The normalized spacial score (nSPS) is 17.2. The van der Waals surface area contributed by atoms with E-state index in [2.05, 4.69) is 52.8 Å². The fourth-order valence-electron chi connectivity index (χ4n) is 2.80. The number of hydrogen-bond donors (Lipinski definition) is 1. The number of nitrogens with zero attached hydrogens (tertiary/aromatic N) is 2. The number of nitrogen functional groups attached to an aromatic ring is 1. The van der Waals surface area contributed by atoms with Gasteiger partial charge in [-0.1, -0.05) is 0 Å². The van der Waals surface area contributed by atoms with Crippen molar-refractivity contribution in [2.75, 3.05) is 44.4 Å². The van der Waals surface area contributed by atoms with Crippen LogP contribution in [0.25, 0.3) is 0 Å². The van der Waals surface area contributed by atoms with Crippen LogP contribution < -0.4 is 10.6 Å². The van der Waals surface area contributed by atoms with Gasteiger partial charge in [0.05, 0.1) is 5.69 Å². The highest BCUT2D eigenvalue weighted by Crippen LogP contribution is 2.33. The monoisotopic (exact) mass is 325 g/mol. The van der Waals surface area contributed by atoms with Crippen molar-refractivity contribution in [3.63, 3.8) is 0 Å². The number of anilines is 2. The van der Waals surface area contributed by atoms with E-state index < -0.39 is 0 Å². The number of rotatable bonds is 3. The molecule has 1 heterocycles. The van der Waals surface area contributed by atoms with Gasteiger partial charge in [-0.3, -0.25) is 0 Å². The Labute approximate surface area is 124 Å². The highest BCUT2D eigenvalue weighted by molar-refractivity contribution is 9.10. The van der Waals surface area contributed by atoms with Crippen LogP contribution in [0, 0.1) is 12.8 Å². The minimum absolute atomic E-state index is 0.833. The lowest BCUT2D eigenvalue weighted by atomic mass is 9.96. The molecule has 3 nitrogen and oxygen atoms in total. The molecule has 0 aliphatic carbocycles. The van der Waals surface area contributed by atoms with E-state index in [4.69, 9.17) is 5.73 Å². The van der Waals surface area contributed by atoms with E-state index in [0.29, 0.717) is 0 Å². The maximum atomic E-state index is 5.94. The smallest absolute Gasteiger partial charge is 0.0514 e. The highest BCUT2D eigenvalue weighted by Gasteiger charge is 2.21. The molecular weight excluding hydrogens is 302 g/mol. The predicted molar refractivity (Wildman–Crippen MR) is 86.8 cm³/mol. The maximum Gasteiger partial charge on any atom is 0.0514 e. The molecule has 1 saturated heterocycles. The lowest BCUT2D eigenvalue weighted by Crippen LogP contribution is -2.37. The van der Waals surface area contributed by atoms with Crippen LogP contribution in [0.1, 0.15) is 18.4 Å². The van der Waals surface area contributed by atoms with E-state index in [9.17, 15) is 0 Å². The fraction of sp³-hybridized carbons (Fsp3) is 0.600. The van der Waals surface area contributed by atoms with Crippen molar-refractivity contribution in [2.45, 2.75) is 19.8 Å². The topological polar surface area (TPSA) is 32.5 Å². The zero-order valence-corrected chi connectivity index (χ0v) is 13.7. The minimum Gasteiger partial charge on any atom is -0.398 e. The Bertz CT molecular complexity index is 437. The molecule has 1 fully saturated rings. The fourth-order valence-corrected chi connectivity index (χ4v) is 3.41. The lowest BCUT2D eigenvalue weighted by molar-refractivity contribution is 0.285. The summed E-state index contributed by atoms with van der Waals surface area (Å²) in [6.07, 6.45) is 2.54. The Morgan fingerprint density at radius 3 is 2.53 bits per heavy atom. The number of aryl methyl sites for hydroxylation is 1. The third kappa shape index (κ3) is 3.63. The highest BCUT2D eigenvalue weighted by atomic mass is 79.9. The number of piperidine rings is 1. The van der Waals surface area contributed by atoms with E-state index in [1.165, 1.54) is 25.1 Å². The van der Waals surface area contributed by atoms with E-state index in [-0.39, 0.29) is 0 Å². The second-order valence-corrected chi connectivity index (χ2v) is 6.71. The summed E-state index contributed by atoms with van der Waals surface area (Å²) in [4.78, 5) is 4.77. The molecule has 1 aromatic rings. The van der Waals surface area contributed by atoms with E-state index in [1.54, 1.807) is 0 Å². The van der Waals surface area contributed by atoms with Crippen LogP contribution in [0.5, 0.6) is 0 Å². The van der Waals surface area contributed by atoms with Crippen LogP contribution in [-0.2, 0) is 0 Å². The molecule has 0 bridgehead atoms. The van der Waals surface area contributed by atoms with Crippen LogP contribution in [0.2, 0.25) is 0 Å². The van der Waals surface area contributed by atoms with E-state index in [0.717, 1.165) is 34.7 Å². The Kier molecular flexibility index (Phi) is 4.74. The third-order valence-corrected chi connectivity index (χ3v) is 4.55. The summed E-state index contributed by atoms with van der Waals surface area (Å²) < 4.78 is 1.11. The van der Waals surface area contributed by atoms with Crippen molar-refractivity contribution >= 4 is 27.3 Å². The molecule has 0 spiro atoms. The van der Waals surface area contributed by atoms with Crippen LogP contribution >= 0.6 is 15.9 Å². The van der Waals surface area contributed by atoms with Crippen molar-refractivity contribution in [3.05, 3.63) is 22.2 Å². The minimum atomic E-state index is 0.833. The van der Waals surface area contributed by atoms with Crippen molar-refractivity contribution in [1.29, 1.82) is 0 Å². The molecule has 0 atom stereocenters. The maximum absolute atomic E-state index is 5.94. The van der Waals surface area contributed by atoms with Gasteiger partial charge in [0, 0.05) is 29.8 Å². The van der Waals surface area contributed by atoms with Gasteiger partial charge in [0.25, 0.3) is 0 Å². The summed E-state index contributed by atoms with van der Waals surface area (Å²) in [7, 11) is 4.32. The van der Waals surface area contributed by atoms with Crippen molar-refractivity contribution < 1.29 is 0 Å². The van der Waals surface area contributed by atoms with Gasteiger partial charge in [0.1, 0.15) is 0 Å². The third-order valence-electron chi connectivity index (χ3n) is 3.91. The molecule has 0 saturated carbocycles. The Balaban J connectivity index is 2.03. The molecule has 19 heavy (non-hydrogen) atoms. The molecule has 4 heteroatoms.